The lowest BCUT2D eigenvalue weighted by atomic mass is 9.83. The summed E-state index contributed by atoms with van der Waals surface area (Å²) in [5.41, 5.74) is 1.68. The molecule has 1 aliphatic rings. The topological polar surface area (TPSA) is 21.3 Å². The van der Waals surface area contributed by atoms with Crippen LogP contribution in [0.15, 0.2) is 24.3 Å². The minimum Gasteiger partial charge on any atom is -0.490 e. The van der Waals surface area contributed by atoms with E-state index in [-0.39, 0.29) is 0 Å². The van der Waals surface area contributed by atoms with Crippen molar-refractivity contribution in [1.29, 1.82) is 0 Å². The molecule has 2 nitrogen and oxygen atoms in total. The normalized spacial score (nSPS) is 17.3. The minimum atomic E-state index is 0.302. The monoisotopic (exact) mass is 261 g/mol. The summed E-state index contributed by atoms with van der Waals surface area (Å²) in [4.78, 5) is 0. The molecule has 2 rings (SSSR count). The third kappa shape index (κ3) is 4.54. The highest BCUT2D eigenvalue weighted by Gasteiger charge is 2.24. The van der Waals surface area contributed by atoms with Gasteiger partial charge < -0.3 is 10.1 Å². The van der Waals surface area contributed by atoms with Crippen molar-refractivity contribution in [3.63, 3.8) is 0 Å². The van der Waals surface area contributed by atoms with Crippen LogP contribution in [0.3, 0.4) is 0 Å². The van der Waals surface area contributed by atoms with Gasteiger partial charge in [0, 0.05) is 6.04 Å². The van der Waals surface area contributed by atoms with E-state index in [2.05, 4.69) is 57.4 Å². The van der Waals surface area contributed by atoms with Crippen LogP contribution in [0.1, 0.15) is 45.6 Å². The first-order chi connectivity index (χ1) is 8.99. The lowest BCUT2D eigenvalue weighted by Gasteiger charge is -2.30. The Morgan fingerprint density at radius 1 is 1.32 bits per heavy atom. The van der Waals surface area contributed by atoms with Crippen molar-refractivity contribution < 1.29 is 4.74 Å². The Balaban J connectivity index is 1.90. The second-order valence-corrected chi connectivity index (χ2v) is 6.71. The zero-order chi connectivity index (χ0) is 13.9. The largest absolute Gasteiger partial charge is 0.490 e. The average Bonchev–Trinajstić information content (AvgIpc) is 3.12. The van der Waals surface area contributed by atoms with Gasteiger partial charge in [0.25, 0.3) is 0 Å². The van der Waals surface area contributed by atoms with Crippen molar-refractivity contribution >= 4 is 0 Å². The molecule has 0 saturated heterocycles. The average molecular weight is 261 g/mol. The van der Waals surface area contributed by atoms with Gasteiger partial charge in [-0.1, -0.05) is 32.9 Å². The summed E-state index contributed by atoms with van der Waals surface area (Å²) in [5.74, 6) is 1.04. The SMILES string of the molecule is CNC(CCc1cccc(OC2CC2)c1)C(C)(C)C. The van der Waals surface area contributed by atoms with Crippen LogP contribution >= 0.6 is 0 Å². The fourth-order valence-electron chi connectivity index (χ4n) is 2.47. The molecule has 1 aliphatic carbocycles. The Bertz CT molecular complexity index is 404. The maximum atomic E-state index is 5.85. The highest BCUT2D eigenvalue weighted by atomic mass is 16.5. The minimum absolute atomic E-state index is 0.302. The molecule has 1 aromatic carbocycles. The molecule has 2 heteroatoms. The summed E-state index contributed by atoms with van der Waals surface area (Å²) >= 11 is 0. The van der Waals surface area contributed by atoms with Crippen LogP contribution in [-0.4, -0.2) is 19.2 Å². The van der Waals surface area contributed by atoms with Gasteiger partial charge in [-0.3, -0.25) is 0 Å². The van der Waals surface area contributed by atoms with Crippen LogP contribution < -0.4 is 10.1 Å². The Morgan fingerprint density at radius 3 is 2.63 bits per heavy atom. The molecule has 0 aromatic heterocycles. The summed E-state index contributed by atoms with van der Waals surface area (Å²) in [6.45, 7) is 6.88. The molecule has 1 aromatic rings. The lowest BCUT2D eigenvalue weighted by molar-refractivity contribution is 0.267. The molecule has 1 unspecified atom stereocenters. The molecule has 0 aliphatic heterocycles. The van der Waals surface area contributed by atoms with Gasteiger partial charge in [0.1, 0.15) is 5.75 Å². The van der Waals surface area contributed by atoms with Crippen LogP contribution in [-0.2, 0) is 6.42 Å². The number of hydrogen-bond acceptors (Lipinski definition) is 2. The van der Waals surface area contributed by atoms with Gasteiger partial charge in [0.15, 0.2) is 0 Å². The molecular formula is C17H27NO. The molecule has 0 spiro atoms. The predicted molar refractivity (Wildman–Crippen MR) is 80.7 cm³/mol. The first kappa shape index (κ1) is 14.4. The predicted octanol–water partition coefficient (Wildman–Crippen LogP) is 3.79. The van der Waals surface area contributed by atoms with E-state index in [1.807, 2.05) is 0 Å². The molecule has 106 valence electrons. The van der Waals surface area contributed by atoms with E-state index in [1.54, 1.807) is 0 Å². The molecule has 0 radical (unpaired) electrons. The van der Waals surface area contributed by atoms with Gasteiger partial charge >= 0.3 is 0 Å². The molecule has 0 amide bonds. The molecule has 0 heterocycles. The highest BCUT2D eigenvalue weighted by molar-refractivity contribution is 5.29. The van der Waals surface area contributed by atoms with Crippen molar-refractivity contribution in [2.75, 3.05) is 7.05 Å². The molecule has 1 N–H and O–H groups in total. The summed E-state index contributed by atoms with van der Waals surface area (Å²) in [5, 5.41) is 3.44. The van der Waals surface area contributed by atoms with E-state index in [0.29, 0.717) is 17.6 Å². The molecule has 1 fully saturated rings. The van der Waals surface area contributed by atoms with Gasteiger partial charge in [0.05, 0.1) is 6.10 Å². The zero-order valence-corrected chi connectivity index (χ0v) is 12.7. The van der Waals surface area contributed by atoms with E-state index in [9.17, 15) is 0 Å². The summed E-state index contributed by atoms with van der Waals surface area (Å²) in [6, 6.07) is 9.13. The van der Waals surface area contributed by atoms with E-state index < -0.39 is 0 Å². The Kier molecular flexibility index (Phi) is 4.51. The van der Waals surface area contributed by atoms with E-state index in [0.717, 1.165) is 18.6 Å². The third-order valence-electron chi connectivity index (χ3n) is 3.84. The second kappa shape index (κ2) is 5.96. The van der Waals surface area contributed by atoms with E-state index in [4.69, 9.17) is 4.74 Å². The van der Waals surface area contributed by atoms with Gasteiger partial charge in [-0.05, 0) is 55.8 Å². The Labute approximate surface area is 117 Å². The molecular weight excluding hydrogens is 234 g/mol. The van der Waals surface area contributed by atoms with Crippen LogP contribution in [0, 0.1) is 5.41 Å². The van der Waals surface area contributed by atoms with Crippen LogP contribution in [0.5, 0.6) is 5.75 Å². The zero-order valence-electron chi connectivity index (χ0n) is 12.7. The maximum absolute atomic E-state index is 5.85. The van der Waals surface area contributed by atoms with Crippen molar-refractivity contribution in [3.8, 4) is 5.75 Å². The quantitative estimate of drug-likeness (QED) is 0.841. The van der Waals surface area contributed by atoms with Crippen molar-refractivity contribution in [2.24, 2.45) is 5.41 Å². The molecule has 0 bridgehead atoms. The van der Waals surface area contributed by atoms with Gasteiger partial charge in [-0.2, -0.15) is 0 Å². The fraction of sp³-hybridized carbons (Fsp3) is 0.647. The van der Waals surface area contributed by atoms with Crippen LogP contribution in [0.25, 0.3) is 0 Å². The fourth-order valence-corrected chi connectivity index (χ4v) is 2.47. The Hall–Kier alpha value is -1.02. The number of benzene rings is 1. The number of ether oxygens (including phenoxy) is 1. The van der Waals surface area contributed by atoms with Crippen molar-refractivity contribution in [2.45, 2.75) is 58.6 Å². The van der Waals surface area contributed by atoms with E-state index in [1.165, 1.54) is 18.4 Å². The summed E-state index contributed by atoms with van der Waals surface area (Å²) < 4.78 is 5.85. The standard InChI is InChI=1S/C17H27NO/c1-17(2,3)16(18-4)11-8-13-6-5-7-15(12-13)19-14-9-10-14/h5-7,12,14,16,18H,8-11H2,1-4H3. The second-order valence-electron chi connectivity index (χ2n) is 6.71. The number of aryl methyl sites for hydroxylation is 1. The number of hydrogen-bond donors (Lipinski definition) is 1. The molecule has 1 atom stereocenters. The van der Waals surface area contributed by atoms with Gasteiger partial charge in [-0.15, -0.1) is 0 Å². The van der Waals surface area contributed by atoms with Crippen molar-refractivity contribution in [1.82, 2.24) is 5.32 Å². The lowest BCUT2D eigenvalue weighted by Crippen LogP contribution is -2.38. The molecule has 19 heavy (non-hydrogen) atoms. The maximum Gasteiger partial charge on any atom is 0.119 e. The first-order valence-corrected chi connectivity index (χ1v) is 7.42. The Morgan fingerprint density at radius 2 is 2.05 bits per heavy atom. The smallest absolute Gasteiger partial charge is 0.119 e. The van der Waals surface area contributed by atoms with Crippen LogP contribution in [0.2, 0.25) is 0 Å². The summed E-state index contributed by atoms with van der Waals surface area (Å²) in [6.07, 6.45) is 5.18. The third-order valence-corrected chi connectivity index (χ3v) is 3.84. The number of rotatable bonds is 6. The van der Waals surface area contributed by atoms with Crippen LogP contribution in [0.4, 0.5) is 0 Å². The number of nitrogens with one attached hydrogen (secondary N) is 1. The highest BCUT2D eigenvalue weighted by Crippen LogP contribution is 2.28. The van der Waals surface area contributed by atoms with Gasteiger partial charge in [0.2, 0.25) is 0 Å². The van der Waals surface area contributed by atoms with Gasteiger partial charge in [-0.25, -0.2) is 0 Å². The first-order valence-electron chi connectivity index (χ1n) is 7.42. The van der Waals surface area contributed by atoms with Crippen molar-refractivity contribution in [3.05, 3.63) is 29.8 Å². The molecule has 1 saturated carbocycles. The van der Waals surface area contributed by atoms with E-state index >= 15 is 0 Å². The summed E-state index contributed by atoms with van der Waals surface area (Å²) in [7, 11) is 2.06.